The first-order valence-corrected chi connectivity index (χ1v) is 10.5. The predicted molar refractivity (Wildman–Crippen MR) is 115 cm³/mol. The van der Waals surface area contributed by atoms with Crippen LogP contribution in [0.3, 0.4) is 0 Å². The van der Waals surface area contributed by atoms with Crippen molar-refractivity contribution in [2.75, 3.05) is 19.8 Å². The summed E-state index contributed by atoms with van der Waals surface area (Å²) in [6.45, 7) is 4.13. The first-order valence-electron chi connectivity index (χ1n) is 9.51. The minimum absolute atomic E-state index is 0.120. The molecule has 0 spiro atoms. The average Bonchev–Trinajstić information content (AvgIpc) is 3.36. The van der Waals surface area contributed by atoms with E-state index < -0.39 is 6.04 Å². The van der Waals surface area contributed by atoms with Crippen molar-refractivity contribution in [3.63, 3.8) is 0 Å². The Balaban J connectivity index is 1.77. The highest BCUT2D eigenvalue weighted by molar-refractivity contribution is 7.99. The smallest absolute Gasteiger partial charge is 0.244 e. The lowest BCUT2D eigenvalue weighted by molar-refractivity contribution is -0.133. The highest BCUT2D eigenvalue weighted by Crippen LogP contribution is 2.26. The Bertz CT molecular complexity index is 1010. The van der Waals surface area contributed by atoms with Crippen LogP contribution in [-0.4, -0.2) is 57.4 Å². The molecule has 0 saturated carbocycles. The number of carbonyl (C=O) groups excluding carboxylic acids is 2. The fourth-order valence-electron chi connectivity index (χ4n) is 2.96. The van der Waals surface area contributed by atoms with Crippen LogP contribution in [0.15, 0.2) is 52.2 Å². The second kappa shape index (κ2) is 9.62. The van der Waals surface area contributed by atoms with Gasteiger partial charge in [0.1, 0.15) is 11.8 Å². The topological polar surface area (TPSA) is 93.3 Å². The molecule has 0 radical (unpaired) electrons. The van der Waals surface area contributed by atoms with E-state index in [4.69, 9.17) is 4.42 Å². The molecule has 0 fully saturated rings. The molecule has 0 bridgehead atoms. The van der Waals surface area contributed by atoms with Gasteiger partial charge < -0.3 is 14.6 Å². The van der Waals surface area contributed by atoms with Crippen molar-refractivity contribution in [2.45, 2.75) is 31.6 Å². The number of amides is 2. The van der Waals surface area contributed by atoms with Gasteiger partial charge in [0.05, 0.1) is 18.6 Å². The molecule has 1 N–H and O–H groups in total. The average molecular weight is 428 g/mol. The van der Waals surface area contributed by atoms with E-state index in [1.165, 1.54) is 16.7 Å². The number of aryl methyl sites for hydroxylation is 1. The van der Waals surface area contributed by atoms with Crippen molar-refractivity contribution < 1.29 is 14.0 Å². The second-order valence-electron chi connectivity index (χ2n) is 7.15. The van der Waals surface area contributed by atoms with Crippen LogP contribution in [0.5, 0.6) is 0 Å². The Morgan fingerprint density at radius 2 is 2.03 bits per heavy atom. The number of hydrogen-bond donors (Lipinski definition) is 1. The van der Waals surface area contributed by atoms with E-state index in [9.17, 15) is 9.59 Å². The van der Waals surface area contributed by atoms with Gasteiger partial charge in [-0.2, -0.15) is 0 Å². The van der Waals surface area contributed by atoms with Crippen molar-refractivity contribution in [2.24, 2.45) is 0 Å². The highest BCUT2D eigenvalue weighted by atomic mass is 32.2. The molecular formula is C21H25N5O3S. The highest BCUT2D eigenvalue weighted by Gasteiger charge is 2.20. The number of nitrogens with zero attached hydrogens (tertiary/aromatic N) is 4. The monoisotopic (exact) mass is 427 g/mol. The number of nitrogens with one attached hydrogen (secondary N) is 1. The SMILES string of the molecule is Cc1cccc(-c2nnc(SCC(=O)NC(C)C(=O)N(C)C)n2Cc2ccco2)c1. The summed E-state index contributed by atoms with van der Waals surface area (Å²) in [5.74, 6) is 1.19. The summed E-state index contributed by atoms with van der Waals surface area (Å²) in [5, 5.41) is 12.0. The molecule has 0 aliphatic rings. The van der Waals surface area contributed by atoms with Crippen molar-refractivity contribution in [3.8, 4) is 11.4 Å². The van der Waals surface area contributed by atoms with E-state index >= 15 is 0 Å². The third-order valence-electron chi connectivity index (χ3n) is 4.41. The van der Waals surface area contributed by atoms with Gasteiger partial charge in [-0.3, -0.25) is 14.2 Å². The van der Waals surface area contributed by atoms with E-state index in [1.54, 1.807) is 27.3 Å². The molecule has 1 atom stereocenters. The van der Waals surface area contributed by atoms with E-state index in [0.717, 1.165) is 16.9 Å². The molecule has 0 aliphatic heterocycles. The van der Waals surface area contributed by atoms with Crippen LogP contribution < -0.4 is 5.32 Å². The molecule has 2 heterocycles. The molecule has 3 aromatic rings. The Hall–Kier alpha value is -3.07. The normalized spacial score (nSPS) is 11.9. The standard InChI is InChI=1S/C21H25N5O3S/c1-14-7-5-8-16(11-14)19-23-24-21(26(19)12-17-9-6-10-29-17)30-13-18(27)22-15(2)20(28)25(3)4/h5-11,15H,12-13H2,1-4H3,(H,22,27). The quantitative estimate of drug-likeness (QED) is 0.556. The number of likely N-dealkylation sites (N-methyl/N-ethyl adjacent to an activating group) is 1. The lowest BCUT2D eigenvalue weighted by Gasteiger charge is -2.17. The van der Waals surface area contributed by atoms with Crippen molar-refractivity contribution >= 4 is 23.6 Å². The largest absolute Gasteiger partial charge is 0.467 e. The minimum Gasteiger partial charge on any atom is -0.467 e. The van der Waals surface area contributed by atoms with E-state index in [-0.39, 0.29) is 17.6 Å². The van der Waals surface area contributed by atoms with Gasteiger partial charge in [-0.05, 0) is 32.0 Å². The molecule has 2 aromatic heterocycles. The third kappa shape index (κ3) is 5.29. The second-order valence-corrected chi connectivity index (χ2v) is 8.09. The van der Waals surface area contributed by atoms with Crippen molar-refractivity contribution in [1.82, 2.24) is 25.0 Å². The maximum Gasteiger partial charge on any atom is 0.244 e. The lowest BCUT2D eigenvalue weighted by atomic mass is 10.1. The zero-order valence-corrected chi connectivity index (χ0v) is 18.3. The zero-order valence-electron chi connectivity index (χ0n) is 17.5. The summed E-state index contributed by atoms with van der Waals surface area (Å²) in [7, 11) is 3.31. The molecule has 0 aliphatic carbocycles. The Labute approximate surface area is 179 Å². The molecule has 0 saturated heterocycles. The molecule has 8 nitrogen and oxygen atoms in total. The van der Waals surface area contributed by atoms with E-state index in [1.807, 2.05) is 47.9 Å². The number of furan rings is 1. The van der Waals surface area contributed by atoms with Gasteiger partial charge in [-0.25, -0.2) is 0 Å². The van der Waals surface area contributed by atoms with Gasteiger partial charge in [0, 0.05) is 19.7 Å². The maximum atomic E-state index is 12.3. The fraction of sp³-hybridized carbons (Fsp3) is 0.333. The van der Waals surface area contributed by atoms with Crippen molar-refractivity contribution in [1.29, 1.82) is 0 Å². The summed E-state index contributed by atoms with van der Waals surface area (Å²) < 4.78 is 7.43. The van der Waals surface area contributed by atoms with Crippen molar-refractivity contribution in [3.05, 3.63) is 54.0 Å². The molecule has 30 heavy (non-hydrogen) atoms. The van der Waals surface area contributed by atoms with Crippen LogP contribution in [-0.2, 0) is 16.1 Å². The third-order valence-corrected chi connectivity index (χ3v) is 5.37. The Morgan fingerprint density at radius 3 is 2.70 bits per heavy atom. The number of benzene rings is 1. The predicted octanol–water partition coefficient (Wildman–Crippen LogP) is 2.58. The minimum atomic E-state index is -0.586. The van der Waals surface area contributed by atoms with Crippen LogP contribution in [0.4, 0.5) is 0 Å². The Morgan fingerprint density at radius 1 is 1.23 bits per heavy atom. The zero-order chi connectivity index (χ0) is 21.7. The number of aromatic nitrogens is 3. The molecule has 158 valence electrons. The van der Waals surface area contributed by atoms with Crippen LogP contribution in [0.25, 0.3) is 11.4 Å². The molecule has 9 heteroatoms. The fourth-order valence-corrected chi connectivity index (χ4v) is 3.71. The van der Waals surface area contributed by atoms with E-state index in [0.29, 0.717) is 17.5 Å². The van der Waals surface area contributed by atoms with E-state index in [2.05, 4.69) is 15.5 Å². The molecule has 1 aromatic carbocycles. The van der Waals surface area contributed by atoms with Gasteiger partial charge in [-0.15, -0.1) is 10.2 Å². The number of carbonyl (C=O) groups is 2. The summed E-state index contributed by atoms with van der Waals surface area (Å²) in [6, 6.07) is 11.1. The van der Waals surface area contributed by atoms with Gasteiger partial charge in [0.25, 0.3) is 0 Å². The van der Waals surface area contributed by atoms with Gasteiger partial charge >= 0.3 is 0 Å². The lowest BCUT2D eigenvalue weighted by Crippen LogP contribution is -2.44. The van der Waals surface area contributed by atoms with Gasteiger partial charge in [0.2, 0.25) is 11.8 Å². The number of hydrogen-bond acceptors (Lipinski definition) is 6. The van der Waals surface area contributed by atoms with Crippen LogP contribution in [0, 0.1) is 6.92 Å². The Kier molecular flexibility index (Phi) is 6.94. The van der Waals surface area contributed by atoms with Crippen LogP contribution in [0.2, 0.25) is 0 Å². The summed E-state index contributed by atoms with van der Waals surface area (Å²) >= 11 is 1.27. The number of rotatable bonds is 8. The summed E-state index contributed by atoms with van der Waals surface area (Å²) in [5.41, 5.74) is 2.06. The molecule has 1 unspecified atom stereocenters. The van der Waals surface area contributed by atoms with Crippen LogP contribution in [0.1, 0.15) is 18.2 Å². The molecule has 3 rings (SSSR count). The maximum absolute atomic E-state index is 12.3. The van der Waals surface area contributed by atoms with Crippen LogP contribution >= 0.6 is 11.8 Å². The van der Waals surface area contributed by atoms with Gasteiger partial charge in [-0.1, -0.05) is 35.5 Å². The summed E-state index contributed by atoms with van der Waals surface area (Å²) in [6.07, 6.45) is 1.62. The first-order chi connectivity index (χ1) is 14.3. The van der Waals surface area contributed by atoms with Gasteiger partial charge in [0.15, 0.2) is 11.0 Å². The first kappa shape index (κ1) is 21.6. The molecular weight excluding hydrogens is 402 g/mol. The number of thioether (sulfide) groups is 1. The molecule has 2 amide bonds. The summed E-state index contributed by atoms with van der Waals surface area (Å²) in [4.78, 5) is 25.7.